The van der Waals surface area contributed by atoms with Crippen LogP contribution in [0.5, 0.6) is 11.5 Å². The van der Waals surface area contributed by atoms with Gasteiger partial charge in [-0.05, 0) is 64.3 Å². The first kappa shape index (κ1) is 22.8. The van der Waals surface area contributed by atoms with Crippen LogP contribution < -0.4 is 14.8 Å². The van der Waals surface area contributed by atoms with E-state index in [4.69, 9.17) is 32.7 Å². The smallest absolute Gasteiger partial charge is 0.163 e. The summed E-state index contributed by atoms with van der Waals surface area (Å²) in [5, 5.41) is 4.27. The van der Waals surface area contributed by atoms with E-state index in [9.17, 15) is 4.39 Å². The maximum atomic E-state index is 14.0. The molecule has 0 spiro atoms. The number of hydrogen-bond acceptors (Lipinski definition) is 4. The molecule has 0 amide bonds. The molecule has 2 aromatic rings. The first-order valence-electron chi connectivity index (χ1n) is 9.28. The Hall–Kier alpha value is -1.53. The quantitative estimate of drug-likeness (QED) is 0.501. The van der Waals surface area contributed by atoms with Gasteiger partial charge in [-0.15, -0.1) is 0 Å². The lowest BCUT2D eigenvalue weighted by Gasteiger charge is -2.16. The molecule has 0 aliphatic rings. The molecular weight excluding hydrogens is 402 g/mol. The Labute approximate surface area is 176 Å². The van der Waals surface area contributed by atoms with Crippen LogP contribution in [0.4, 0.5) is 4.39 Å². The standard InChI is InChI=1S/C21H27Cl2FN2O2/c1-4-27-20-11-15(13-25-9-6-10-26(2)3)18(23)12-21(20)28-14-16-17(22)7-5-8-19(16)24/h5,7-8,11-12,25H,4,6,9-10,13-14H2,1-3H3. The van der Waals surface area contributed by atoms with Crippen molar-refractivity contribution in [2.75, 3.05) is 33.8 Å². The van der Waals surface area contributed by atoms with Crippen LogP contribution in [0, 0.1) is 5.82 Å². The molecule has 7 heteroatoms. The second kappa shape index (κ2) is 11.5. The molecule has 0 saturated heterocycles. The van der Waals surface area contributed by atoms with Crippen molar-refractivity contribution >= 4 is 23.2 Å². The van der Waals surface area contributed by atoms with E-state index in [0.29, 0.717) is 40.3 Å². The van der Waals surface area contributed by atoms with E-state index < -0.39 is 5.82 Å². The van der Waals surface area contributed by atoms with Gasteiger partial charge in [0.05, 0.1) is 11.6 Å². The predicted octanol–water partition coefficient (Wildman–Crippen LogP) is 5.15. The van der Waals surface area contributed by atoms with Crippen LogP contribution in [-0.4, -0.2) is 38.7 Å². The Morgan fingerprint density at radius 3 is 2.50 bits per heavy atom. The minimum atomic E-state index is -0.407. The molecule has 2 rings (SSSR count). The second-order valence-corrected chi connectivity index (χ2v) is 7.46. The molecule has 154 valence electrons. The van der Waals surface area contributed by atoms with Gasteiger partial charge in [-0.1, -0.05) is 29.3 Å². The number of halogens is 3. The predicted molar refractivity (Wildman–Crippen MR) is 113 cm³/mol. The Morgan fingerprint density at radius 1 is 1.07 bits per heavy atom. The third-order valence-corrected chi connectivity index (χ3v) is 4.83. The van der Waals surface area contributed by atoms with Gasteiger partial charge in [0.1, 0.15) is 12.4 Å². The largest absolute Gasteiger partial charge is 0.490 e. The summed E-state index contributed by atoms with van der Waals surface area (Å²) in [6.45, 7) is 4.91. The van der Waals surface area contributed by atoms with Gasteiger partial charge in [-0.2, -0.15) is 0 Å². The fraction of sp³-hybridized carbons (Fsp3) is 0.429. The number of hydrogen-bond donors (Lipinski definition) is 1. The molecule has 0 atom stereocenters. The highest BCUT2D eigenvalue weighted by atomic mass is 35.5. The first-order chi connectivity index (χ1) is 13.4. The third-order valence-electron chi connectivity index (χ3n) is 4.12. The van der Waals surface area contributed by atoms with E-state index in [1.165, 1.54) is 6.07 Å². The van der Waals surface area contributed by atoms with Crippen molar-refractivity contribution in [2.24, 2.45) is 0 Å². The van der Waals surface area contributed by atoms with Crippen molar-refractivity contribution < 1.29 is 13.9 Å². The summed E-state index contributed by atoms with van der Waals surface area (Å²) in [6, 6.07) is 8.11. The van der Waals surface area contributed by atoms with E-state index in [1.54, 1.807) is 18.2 Å². The van der Waals surface area contributed by atoms with Gasteiger partial charge in [0, 0.05) is 23.2 Å². The highest BCUT2D eigenvalue weighted by Gasteiger charge is 2.14. The Bertz CT molecular complexity index is 752. The van der Waals surface area contributed by atoms with Gasteiger partial charge in [0.15, 0.2) is 11.5 Å². The van der Waals surface area contributed by atoms with Crippen molar-refractivity contribution in [3.05, 3.63) is 57.3 Å². The zero-order valence-electron chi connectivity index (χ0n) is 16.5. The molecule has 28 heavy (non-hydrogen) atoms. The van der Waals surface area contributed by atoms with E-state index in [-0.39, 0.29) is 6.61 Å². The van der Waals surface area contributed by atoms with Crippen LogP contribution in [0.25, 0.3) is 0 Å². The lowest BCUT2D eigenvalue weighted by Crippen LogP contribution is -2.21. The van der Waals surface area contributed by atoms with Crippen molar-refractivity contribution in [1.29, 1.82) is 0 Å². The normalized spacial score (nSPS) is 11.1. The molecule has 0 saturated carbocycles. The molecule has 0 aromatic heterocycles. The van der Waals surface area contributed by atoms with Crippen LogP contribution in [0.2, 0.25) is 10.0 Å². The first-order valence-corrected chi connectivity index (χ1v) is 10.0. The number of ether oxygens (including phenoxy) is 2. The highest BCUT2D eigenvalue weighted by Crippen LogP contribution is 2.35. The monoisotopic (exact) mass is 428 g/mol. The van der Waals surface area contributed by atoms with Crippen LogP contribution >= 0.6 is 23.2 Å². The molecule has 4 nitrogen and oxygen atoms in total. The fourth-order valence-corrected chi connectivity index (χ4v) is 3.10. The highest BCUT2D eigenvalue weighted by molar-refractivity contribution is 6.31. The molecule has 0 aliphatic carbocycles. The van der Waals surface area contributed by atoms with E-state index in [2.05, 4.69) is 24.3 Å². The molecular formula is C21H27Cl2FN2O2. The molecule has 0 aliphatic heterocycles. The minimum Gasteiger partial charge on any atom is -0.490 e. The topological polar surface area (TPSA) is 33.7 Å². The second-order valence-electron chi connectivity index (χ2n) is 6.65. The fourth-order valence-electron chi connectivity index (χ4n) is 2.66. The summed E-state index contributed by atoms with van der Waals surface area (Å²) in [5.74, 6) is 0.627. The number of nitrogens with zero attached hydrogens (tertiary/aromatic N) is 1. The maximum absolute atomic E-state index is 14.0. The number of benzene rings is 2. The van der Waals surface area contributed by atoms with Gasteiger partial charge in [0.2, 0.25) is 0 Å². The summed E-state index contributed by atoms with van der Waals surface area (Å²) < 4.78 is 25.4. The van der Waals surface area contributed by atoms with Crippen LogP contribution in [0.15, 0.2) is 30.3 Å². The summed E-state index contributed by atoms with van der Waals surface area (Å²) in [6.07, 6.45) is 1.05. The maximum Gasteiger partial charge on any atom is 0.163 e. The van der Waals surface area contributed by atoms with Crippen molar-refractivity contribution in [2.45, 2.75) is 26.5 Å². The van der Waals surface area contributed by atoms with E-state index >= 15 is 0 Å². The van der Waals surface area contributed by atoms with Crippen molar-refractivity contribution in [1.82, 2.24) is 10.2 Å². The Kier molecular flexibility index (Phi) is 9.32. The van der Waals surface area contributed by atoms with Crippen molar-refractivity contribution in [3.63, 3.8) is 0 Å². The molecule has 0 bridgehead atoms. The van der Waals surface area contributed by atoms with Crippen molar-refractivity contribution in [3.8, 4) is 11.5 Å². The molecule has 1 N–H and O–H groups in total. The average Bonchev–Trinajstić information content (AvgIpc) is 2.63. The Balaban J connectivity index is 2.07. The van der Waals surface area contributed by atoms with E-state index in [0.717, 1.165) is 25.1 Å². The summed E-state index contributed by atoms with van der Waals surface area (Å²) in [5.41, 5.74) is 1.22. The van der Waals surface area contributed by atoms with Gasteiger partial charge >= 0.3 is 0 Å². The summed E-state index contributed by atoms with van der Waals surface area (Å²) in [7, 11) is 4.11. The van der Waals surface area contributed by atoms with Gasteiger partial charge < -0.3 is 19.7 Å². The lowest BCUT2D eigenvalue weighted by atomic mass is 10.2. The summed E-state index contributed by atoms with van der Waals surface area (Å²) in [4.78, 5) is 2.15. The molecule has 0 fully saturated rings. The molecule has 2 aromatic carbocycles. The molecule has 0 radical (unpaired) electrons. The van der Waals surface area contributed by atoms with E-state index in [1.807, 2.05) is 13.0 Å². The average molecular weight is 429 g/mol. The van der Waals surface area contributed by atoms with Gasteiger partial charge in [0.25, 0.3) is 0 Å². The van der Waals surface area contributed by atoms with Crippen LogP contribution in [0.1, 0.15) is 24.5 Å². The lowest BCUT2D eigenvalue weighted by molar-refractivity contribution is 0.265. The van der Waals surface area contributed by atoms with Gasteiger partial charge in [-0.25, -0.2) is 4.39 Å². The molecule has 0 heterocycles. The zero-order chi connectivity index (χ0) is 20.5. The number of rotatable bonds is 11. The SMILES string of the molecule is CCOc1cc(CNCCCN(C)C)c(Cl)cc1OCc1c(F)cccc1Cl. The number of nitrogens with one attached hydrogen (secondary N) is 1. The van der Waals surface area contributed by atoms with Gasteiger partial charge in [-0.3, -0.25) is 0 Å². The summed E-state index contributed by atoms with van der Waals surface area (Å²) >= 11 is 12.5. The third kappa shape index (κ3) is 6.82. The zero-order valence-corrected chi connectivity index (χ0v) is 18.0. The molecule has 0 unspecified atom stereocenters. The Morgan fingerprint density at radius 2 is 1.82 bits per heavy atom. The minimum absolute atomic E-state index is 0.00988. The van der Waals surface area contributed by atoms with Crippen LogP contribution in [-0.2, 0) is 13.2 Å². The van der Waals surface area contributed by atoms with Crippen LogP contribution in [0.3, 0.4) is 0 Å².